The summed E-state index contributed by atoms with van der Waals surface area (Å²) in [7, 11) is 1.63. The summed E-state index contributed by atoms with van der Waals surface area (Å²) in [5.41, 5.74) is 0.497. The number of halogens is 4. The Morgan fingerprint density at radius 1 is 1.03 bits per heavy atom. The summed E-state index contributed by atoms with van der Waals surface area (Å²) in [6.07, 6.45) is -1.32. The molecule has 0 atom stereocenters. The number of carbonyl (C=O) groups is 1. The minimum Gasteiger partial charge on any atom is -0.267 e. The first-order valence-electron chi connectivity index (χ1n) is 8.94. The molecule has 0 saturated heterocycles. The molecule has 3 aromatic rings. The summed E-state index contributed by atoms with van der Waals surface area (Å²) in [6, 6.07) is 15.2. The lowest BCUT2D eigenvalue weighted by Gasteiger charge is -2.30. The van der Waals surface area contributed by atoms with Crippen LogP contribution in [0.1, 0.15) is 27.0 Å². The van der Waals surface area contributed by atoms with Crippen molar-refractivity contribution < 1.29 is 18.0 Å². The number of rotatable bonds is 3. The first-order chi connectivity index (χ1) is 14.3. The van der Waals surface area contributed by atoms with Crippen LogP contribution in [0.3, 0.4) is 0 Å². The normalized spacial score (nSPS) is 14.9. The average molecular weight is 430 g/mol. The number of anilines is 1. The van der Waals surface area contributed by atoms with Crippen molar-refractivity contribution >= 4 is 35.1 Å². The Balaban J connectivity index is 1.90. The molecule has 30 heavy (non-hydrogen) atoms. The number of amides is 1. The fourth-order valence-electron chi connectivity index (χ4n) is 3.30. The SMILES string of the molecule is CN(c1ccccn1)N1C(=O)c2ccc(C(F)(F)F)cc2C1=Cc1cccc(Cl)c1. The molecular weight excluding hydrogens is 415 g/mol. The Morgan fingerprint density at radius 2 is 1.83 bits per heavy atom. The minimum absolute atomic E-state index is 0.180. The van der Waals surface area contributed by atoms with E-state index < -0.39 is 17.6 Å². The fourth-order valence-corrected chi connectivity index (χ4v) is 3.49. The van der Waals surface area contributed by atoms with Gasteiger partial charge in [-0.2, -0.15) is 13.2 Å². The summed E-state index contributed by atoms with van der Waals surface area (Å²) in [6.45, 7) is 0. The van der Waals surface area contributed by atoms with Crippen LogP contribution < -0.4 is 5.01 Å². The smallest absolute Gasteiger partial charge is 0.267 e. The topological polar surface area (TPSA) is 36.4 Å². The van der Waals surface area contributed by atoms with Gasteiger partial charge in [-0.1, -0.05) is 29.8 Å². The Kier molecular flexibility index (Phi) is 4.99. The number of hydrogen-bond acceptors (Lipinski definition) is 3. The lowest BCUT2D eigenvalue weighted by atomic mass is 10.0. The molecule has 4 rings (SSSR count). The van der Waals surface area contributed by atoms with Gasteiger partial charge in [0.2, 0.25) is 0 Å². The van der Waals surface area contributed by atoms with E-state index in [2.05, 4.69) is 4.98 Å². The van der Waals surface area contributed by atoms with Gasteiger partial charge in [0.1, 0.15) is 5.82 Å². The molecule has 0 bridgehead atoms. The second-order valence-electron chi connectivity index (χ2n) is 6.67. The molecule has 152 valence electrons. The highest BCUT2D eigenvalue weighted by molar-refractivity contribution is 6.30. The van der Waals surface area contributed by atoms with E-state index in [9.17, 15) is 18.0 Å². The lowest BCUT2D eigenvalue weighted by Crippen LogP contribution is -2.39. The number of hydrazine groups is 1. The van der Waals surface area contributed by atoms with Crippen LogP contribution in [0.2, 0.25) is 5.02 Å². The molecule has 2 heterocycles. The highest BCUT2D eigenvalue weighted by Crippen LogP contribution is 2.40. The Labute approximate surface area is 175 Å². The van der Waals surface area contributed by atoms with Crippen LogP contribution in [0.25, 0.3) is 11.8 Å². The van der Waals surface area contributed by atoms with Crippen molar-refractivity contribution in [1.82, 2.24) is 9.99 Å². The van der Waals surface area contributed by atoms with Crippen LogP contribution in [0, 0.1) is 0 Å². The molecule has 0 N–H and O–H groups in total. The zero-order valence-corrected chi connectivity index (χ0v) is 16.4. The largest absolute Gasteiger partial charge is 0.416 e. The third-order valence-electron chi connectivity index (χ3n) is 4.71. The standard InChI is InChI=1S/C22H15ClF3N3O/c1-28(20-7-2-3-10-27-20)29-19(12-14-5-4-6-16(23)11-14)18-13-15(22(24,25)26)8-9-17(18)21(29)30/h2-13H,1H3. The molecule has 8 heteroatoms. The molecule has 0 saturated carbocycles. The quantitative estimate of drug-likeness (QED) is 0.531. The zero-order valence-electron chi connectivity index (χ0n) is 15.7. The van der Waals surface area contributed by atoms with Gasteiger partial charge < -0.3 is 0 Å². The van der Waals surface area contributed by atoms with E-state index in [1.165, 1.54) is 16.1 Å². The zero-order chi connectivity index (χ0) is 21.5. The molecule has 1 aliphatic rings. The number of carbonyl (C=O) groups excluding carboxylic acids is 1. The highest BCUT2D eigenvalue weighted by atomic mass is 35.5. The van der Waals surface area contributed by atoms with Gasteiger partial charge in [0.05, 0.1) is 16.8 Å². The molecule has 1 amide bonds. The molecule has 0 unspecified atom stereocenters. The van der Waals surface area contributed by atoms with Gasteiger partial charge in [0, 0.05) is 23.8 Å². The van der Waals surface area contributed by atoms with E-state index in [0.29, 0.717) is 22.1 Å². The maximum Gasteiger partial charge on any atom is 0.416 e. The summed E-state index contributed by atoms with van der Waals surface area (Å²) >= 11 is 6.06. The first-order valence-corrected chi connectivity index (χ1v) is 9.31. The van der Waals surface area contributed by atoms with Gasteiger partial charge in [-0.15, -0.1) is 0 Å². The molecule has 1 aliphatic heterocycles. The van der Waals surface area contributed by atoms with Crippen molar-refractivity contribution in [1.29, 1.82) is 0 Å². The van der Waals surface area contributed by atoms with Crippen molar-refractivity contribution in [3.05, 3.63) is 94.1 Å². The third kappa shape index (κ3) is 3.64. The third-order valence-corrected chi connectivity index (χ3v) is 4.94. The summed E-state index contributed by atoms with van der Waals surface area (Å²) in [5.74, 6) is 0.0202. The summed E-state index contributed by atoms with van der Waals surface area (Å²) in [5, 5.41) is 3.29. The van der Waals surface area contributed by atoms with Gasteiger partial charge in [-0.25, -0.2) is 9.99 Å². The molecule has 2 aromatic carbocycles. The van der Waals surface area contributed by atoms with Crippen LogP contribution >= 0.6 is 11.6 Å². The second kappa shape index (κ2) is 7.50. The van der Waals surface area contributed by atoms with Crippen LogP contribution in [0.15, 0.2) is 66.9 Å². The van der Waals surface area contributed by atoms with Crippen molar-refractivity contribution in [3.8, 4) is 0 Å². The fraction of sp³-hybridized carbons (Fsp3) is 0.0909. The van der Waals surface area contributed by atoms with E-state index in [-0.39, 0.29) is 11.1 Å². The molecule has 0 aliphatic carbocycles. The van der Waals surface area contributed by atoms with Crippen LogP contribution in [-0.2, 0) is 6.18 Å². The number of fused-ring (bicyclic) bond motifs is 1. The molecule has 0 fully saturated rings. The first kappa shape index (κ1) is 20.0. The average Bonchev–Trinajstić information content (AvgIpc) is 2.99. The van der Waals surface area contributed by atoms with Crippen LogP contribution in [0.4, 0.5) is 19.0 Å². The summed E-state index contributed by atoms with van der Waals surface area (Å²) in [4.78, 5) is 17.4. The molecular formula is C22H15ClF3N3O. The number of nitrogens with zero attached hydrogens (tertiary/aromatic N) is 3. The maximum absolute atomic E-state index is 13.3. The van der Waals surface area contributed by atoms with E-state index in [1.807, 2.05) is 0 Å². The van der Waals surface area contributed by atoms with Gasteiger partial charge in [-0.05, 0) is 54.1 Å². The monoisotopic (exact) mass is 429 g/mol. The number of pyridine rings is 1. The van der Waals surface area contributed by atoms with Gasteiger partial charge in [0.15, 0.2) is 0 Å². The number of hydrogen-bond donors (Lipinski definition) is 0. The predicted octanol–water partition coefficient (Wildman–Crippen LogP) is 5.76. The highest BCUT2D eigenvalue weighted by Gasteiger charge is 2.39. The Bertz CT molecular complexity index is 1150. The van der Waals surface area contributed by atoms with E-state index in [1.54, 1.807) is 61.8 Å². The molecule has 0 spiro atoms. The number of benzene rings is 2. The van der Waals surface area contributed by atoms with E-state index in [0.717, 1.165) is 12.1 Å². The molecule has 4 nitrogen and oxygen atoms in total. The molecule has 0 radical (unpaired) electrons. The van der Waals surface area contributed by atoms with Crippen LogP contribution in [0.5, 0.6) is 0 Å². The lowest BCUT2D eigenvalue weighted by molar-refractivity contribution is -0.137. The Morgan fingerprint density at radius 3 is 2.50 bits per heavy atom. The van der Waals surface area contributed by atoms with E-state index >= 15 is 0 Å². The summed E-state index contributed by atoms with van der Waals surface area (Å²) < 4.78 is 40.0. The van der Waals surface area contributed by atoms with Crippen LogP contribution in [-0.4, -0.2) is 22.9 Å². The second-order valence-corrected chi connectivity index (χ2v) is 7.11. The van der Waals surface area contributed by atoms with Crippen molar-refractivity contribution in [2.24, 2.45) is 0 Å². The maximum atomic E-state index is 13.3. The van der Waals surface area contributed by atoms with Crippen molar-refractivity contribution in [2.45, 2.75) is 6.18 Å². The predicted molar refractivity (Wildman–Crippen MR) is 110 cm³/mol. The van der Waals surface area contributed by atoms with E-state index in [4.69, 9.17) is 11.6 Å². The van der Waals surface area contributed by atoms with Crippen molar-refractivity contribution in [3.63, 3.8) is 0 Å². The Hall–Kier alpha value is -3.32. The van der Waals surface area contributed by atoms with Gasteiger partial charge in [0.25, 0.3) is 5.91 Å². The van der Waals surface area contributed by atoms with Gasteiger partial charge >= 0.3 is 6.18 Å². The van der Waals surface area contributed by atoms with Gasteiger partial charge in [-0.3, -0.25) is 9.80 Å². The number of aromatic nitrogens is 1. The minimum atomic E-state index is -4.53. The number of alkyl halides is 3. The molecule has 1 aromatic heterocycles. The van der Waals surface area contributed by atoms with Crippen molar-refractivity contribution in [2.75, 3.05) is 12.1 Å².